The van der Waals surface area contributed by atoms with Crippen molar-refractivity contribution >= 4 is 0 Å². The molecule has 15 heavy (non-hydrogen) atoms. The number of β-amino-alcohol motifs (C(OH)–C–C–N with tert-alkyl or cyclic N) is 1. The van der Waals surface area contributed by atoms with Gasteiger partial charge in [-0.15, -0.1) is 0 Å². The van der Waals surface area contributed by atoms with E-state index in [1.807, 2.05) is 7.05 Å². The summed E-state index contributed by atoms with van der Waals surface area (Å²) in [6, 6.07) is 0.694. The summed E-state index contributed by atoms with van der Waals surface area (Å²) in [4.78, 5) is 2.48. The predicted molar refractivity (Wildman–Crippen MR) is 64.1 cm³/mol. The molecule has 0 aromatic heterocycles. The van der Waals surface area contributed by atoms with Crippen LogP contribution in [-0.2, 0) is 0 Å². The predicted octanol–water partition coefficient (Wildman–Crippen LogP) is 1.22. The Morgan fingerprint density at radius 1 is 1.40 bits per heavy atom. The van der Waals surface area contributed by atoms with Crippen LogP contribution < -0.4 is 5.32 Å². The molecule has 3 heteroatoms. The molecule has 1 heterocycles. The Kier molecular flexibility index (Phi) is 6.22. The summed E-state index contributed by atoms with van der Waals surface area (Å²) in [5.41, 5.74) is 0. The second-order valence-corrected chi connectivity index (χ2v) is 4.62. The summed E-state index contributed by atoms with van der Waals surface area (Å²) < 4.78 is 0. The molecule has 1 aliphatic rings. The second-order valence-electron chi connectivity index (χ2n) is 4.62. The third-order valence-electron chi connectivity index (χ3n) is 3.36. The van der Waals surface area contributed by atoms with Crippen LogP contribution in [-0.4, -0.2) is 48.8 Å². The third kappa shape index (κ3) is 4.49. The molecule has 1 saturated heterocycles. The topological polar surface area (TPSA) is 35.5 Å². The van der Waals surface area contributed by atoms with Gasteiger partial charge in [-0.1, -0.05) is 19.8 Å². The molecular weight excluding hydrogens is 188 g/mol. The van der Waals surface area contributed by atoms with E-state index in [2.05, 4.69) is 17.1 Å². The van der Waals surface area contributed by atoms with E-state index in [-0.39, 0.29) is 6.10 Å². The van der Waals surface area contributed by atoms with Gasteiger partial charge in [0.15, 0.2) is 0 Å². The van der Waals surface area contributed by atoms with Gasteiger partial charge in [0.1, 0.15) is 0 Å². The fourth-order valence-electron chi connectivity index (χ4n) is 2.51. The number of aliphatic hydroxyl groups is 1. The summed E-state index contributed by atoms with van der Waals surface area (Å²) >= 11 is 0. The standard InChI is InChI=1S/C12H26N2O/c1-3-11-7-5-4-6-8-14(11)10-12(15)9-13-2/h11-13,15H,3-10H2,1-2H3. The molecule has 3 nitrogen and oxygen atoms in total. The van der Waals surface area contributed by atoms with E-state index >= 15 is 0 Å². The maximum Gasteiger partial charge on any atom is 0.0791 e. The van der Waals surface area contributed by atoms with Gasteiger partial charge in [0.05, 0.1) is 6.10 Å². The minimum atomic E-state index is -0.220. The van der Waals surface area contributed by atoms with Crippen molar-refractivity contribution in [3.63, 3.8) is 0 Å². The van der Waals surface area contributed by atoms with Crippen LogP contribution in [0, 0.1) is 0 Å². The lowest BCUT2D eigenvalue weighted by Crippen LogP contribution is -2.42. The Morgan fingerprint density at radius 3 is 2.87 bits per heavy atom. The van der Waals surface area contributed by atoms with Crippen LogP contribution >= 0.6 is 0 Å². The molecule has 0 bridgehead atoms. The molecule has 0 aromatic rings. The summed E-state index contributed by atoms with van der Waals surface area (Å²) in [6.07, 6.45) is 6.31. The highest BCUT2D eigenvalue weighted by molar-refractivity contribution is 4.77. The SMILES string of the molecule is CCC1CCCCCN1CC(O)CNC. The molecule has 0 spiro atoms. The number of rotatable bonds is 5. The Hall–Kier alpha value is -0.120. The molecule has 0 aliphatic carbocycles. The van der Waals surface area contributed by atoms with Crippen LogP contribution in [0.3, 0.4) is 0 Å². The molecule has 0 aromatic carbocycles. The molecule has 2 atom stereocenters. The maximum atomic E-state index is 9.80. The zero-order valence-corrected chi connectivity index (χ0v) is 10.2. The number of nitrogens with one attached hydrogen (secondary N) is 1. The second kappa shape index (κ2) is 7.20. The highest BCUT2D eigenvalue weighted by Crippen LogP contribution is 2.19. The van der Waals surface area contributed by atoms with Gasteiger partial charge in [-0.05, 0) is 32.9 Å². The normalized spacial score (nSPS) is 26.2. The van der Waals surface area contributed by atoms with Crippen LogP contribution in [0.2, 0.25) is 0 Å². The minimum absolute atomic E-state index is 0.220. The summed E-state index contributed by atoms with van der Waals surface area (Å²) in [5.74, 6) is 0. The molecule has 1 fully saturated rings. The van der Waals surface area contributed by atoms with Gasteiger partial charge in [0, 0.05) is 19.1 Å². The Morgan fingerprint density at radius 2 is 2.20 bits per heavy atom. The fourth-order valence-corrected chi connectivity index (χ4v) is 2.51. The van der Waals surface area contributed by atoms with Crippen LogP contribution in [0.4, 0.5) is 0 Å². The first-order chi connectivity index (χ1) is 7.27. The average molecular weight is 214 g/mol. The van der Waals surface area contributed by atoms with Gasteiger partial charge in [-0.2, -0.15) is 0 Å². The average Bonchev–Trinajstić information content (AvgIpc) is 2.43. The van der Waals surface area contributed by atoms with Gasteiger partial charge >= 0.3 is 0 Å². The smallest absolute Gasteiger partial charge is 0.0791 e. The van der Waals surface area contributed by atoms with Crippen molar-refractivity contribution < 1.29 is 5.11 Å². The molecule has 1 rings (SSSR count). The van der Waals surface area contributed by atoms with Crippen molar-refractivity contribution in [1.29, 1.82) is 0 Å². The van der Waals surface area contributed by atoms with Crippen LogP contribution in [0.25, 0.3) is 0 Å². The lowest BCUT2D eigenvalue weighted by Gasteiger charge is -2.30. The number of aliphatic hydroxyl groups excluding tert-OH is 1. The Bertz CT molecular complexity index is 164. The van der Waals surface area contributed by atoms with Gasteiger partial charge in [-0.3, -0.25) is 4.90 Å². The van der Waals surface area contributed by atoms with E-state index in [9.17, 15) is 5.11 Å². The van der Waals surface area contributed by atoms with Crippen LogP contribution in [0.1, 0.15) is 39.0 Å². The van der Waals surface area contributed by atoms with Crippen molar-refractivity contribution in [3.8, 4) is 0 Å². The maximum absolute atomic E-state index is 9.80. The zero-order valence-electron chi connectivity index (χ0n) is 10.2. The number of nitrogens with zero attached hydrogens (tertiary/aromatic N) is 1. The molecule has 90 valence electrons. The molecule has 0 radical (unpaired) electrons. The summed E-state index contributed by atoms with van der Waals surface area (Å²) in [6.45, 7) is 4.96. The highest BCUT2D eigenvalue weighted by atomic mass is 16.3. The lowest BCUT2D eigenvalue weighted by atomic mass is 10.1. The van der Waals surface area contributed by atoms with Crippen LogP contribution in [0.5, 0.6) is 0 Å². The molecule has 0 amide bonds. The van der Waals surface area contributed by atoms with E-state index in [0.717, 1.165) is 6.54 Å². The minimum Gasteiger partial charge on any atom is -0.390 e. The van der Waals surface area contributed by atoms with Crippen molar-refractivity contribution in [3.05, 3.63) is 0 Å². The first-order valence-electron chi connectivity index (χ1n) is 6.34. The van der Waals surface area contributed by atoms with Gasteiger partial charge in [0.25, 0.3) is 0 Å². The molecule has 0 saturated carbocycles. The number of hydrogen-bond donors (Lipinski definition) is 2. The van der Waals surface area contributed by atoms with Crippen molar-refractivity contribution in [1.82, 2.24) is 10.2 Å². The van der Waals surface area contributed by atoms with E-state index in [4.69, 9.17) is 0 Å². The summed E-state index contributed by atoms with van der Waals surface area (Å²) in [7, 11) is 1.89. The van der Waals surface area contributed by atoms with E-state index in [1.165, 1.54) is 38.6 Å². The van der Waals surface area contributed by atoms with Gasteiger partial charge in [0.2, 0.25) is 0 Å². The van der Waals surface area contributed by atoms with E-state index in [1.54, 1.807) is 0 Å². The largest absolute Gasteiger partial charge is 0.390 e. The zero-order chi connectivity index (χ0) is 11.1. The van der Waals surface area contributed by atoms with Crippen molar-refractivity contribution in [2.75, 3.05) is 26.7 Å². The lowest BCUT2D eigenvalue weighted by molar-refractivity contribution is 0.0872. The van der Waals surface area contributed by atoms with Crippen LogP contribution in [0.15, 0.2) is 0 Å². The quantitative estimate of drug-likeness (QED) is 0.722. The number of likely N-dealkylation sites (tertiary alicyclic amines) is 1. The molecule has 2 N–H and O–H groups in total. The number of hydrogen-bond acceptors (Lipinski definition) is 3. The molecule has 2 unspecified atom stereocenters. The van der Waals surface area contributed by atoms with E-state index < -0.39 is 0 Å². The summed E-state index contributed by atoms with van der Waals surface area (Å²) in [5, 5.41) is 12.8. The van der Waals surface area contributed by atoms with E-state index in [0.29, 0.717) is 12.6 Å². The Labute approximate surface area is 93.9 Å². The van der Waals surface area contributed by atoms with Crippen molar-refractivity contribution in [2.24, 2.45) is 0 Å². The van der Waals surface area contributed by atoms with Gasteiger partial charge in [-0.25, -0.2) is 0 Å². The number of likely N-dealkylation sites (N-methyl/N-ethyl adjacent to an activating group) is 1. The highest BCUT2D eigenvalue weighted by Gasteiger charge is 2.21. The monoisotopic (exact) mass is 214 g/mol. The fraction of sp³-hybridized carbons (Fsp3) is 1.00. The molecular formula is C12H26N2O. The third-order valence-corrected chi connectivity index (χ3v) is 3.36. The van der Waals surface area contributed by atoms with Gasteiger partial charge < -0.3 is 10.4 Å². The molecule has 1 aliphatic heterocycles. The van der Waals surface area contributed by atoms with Crippen molar-refractivity contribution in [2.45, 2.75) is 51.2 Å². The first kappa shape index (κ1) is 12.9. The first-order valence-corrected chi connectivity index (χ1v) is 6.34. The Balaban J connectivity index is 2.40.